The largest absolute Gasteiger partial charge is 0.416 e. The van der Waals surface area contributed by atoms with Crippen LogP contribution in [0.15, 0.2) is 23.8 Å². The van der Waals surface area contributed by atoms with E-state index in [1.807, 2.05) is 18.7 Å². The van der Waals surface area contributed by atoms with Gasteiger partial charge in [0.25, 0.3) is 5.95 Å². The Morgan fingerprint density at radius 1 is 1.14 bits per heavy atom. The molecule has 0 fully saturated rings. The molecule has 1 aromatic heterocycles. The van der Waals surface area contributed by atoms with Crippen molar-refractivity contribution in [3.05, 3.63) is 40.5 Å². The average Bonchev–Trinajstić information content (AvgIpc) is 3.18. The zero-order chi connectivity index (χ0) is 27.3. The molecule has 0 saturated heterocycles. The van der Waals surface area contributed by atoms with Gasteiger partial charge in [-0.2, -0.15) is 31.1 Å². The van der Waals surface area contributed by atoms with Crippen LogP contribution in [0.3, 0.4) is 0 Å². The van der Waals surface area contributed by atoms with Gasteiger partial charge in [0.15, 0.2) is 0 Å². The minimum absolute atomic E-state index is 0.146. The Hall–Kier alpha value is -2.79. The van der Waals surface area contributed by atoms with Crippen LogP contribution in [0.25, 0.3) is 0 Å². The number of hydrogen-bond donors (Lipinski definition) is 0. The van der Waals surface area contributed by atoms with Gasteiger partial charge in [0, 0.05) is 31.4 Å². The van der Waals surface area contributed by atoms with E-state index in [-0.39, 0.29) is 23.7 Å². The van der Waals surface area contributed by atoms with Crippen LogP contribution in [0.1, 0.15) is 56.7 Å². The first-order valence-electron chi connectivity index (χ1n) is 11.8. The summed E-state index contributed by atoms with van der Waals surface area (Å²) < 4.78 is 78.6. The molecule has 1 unspecified atom stereocenters. The first-order chi connectivity index (χ1) is 16.6. The molecule has 0 aliphatic heterocycles. The average molecular weight is 521 g/mol. The molecule has 0 amide bonds. The first kappa shape index (κ1) is 29.4. The fraction of sp³-hybridized carbons (Fsp3) is 0.625. The Balaban J connectivity index is 2.14. The third-order valence-electron chi connectivity index (χ3n) is 6.09. The van der Waals surface area contributed by atoms with Crippen LogP contribution >= 0.6 is 0 Å². The highest BCUT2D eigenvalue weighted by atomic mass is 19.4. The Labute approximate surface area is 207 Å². The lowest BCUT2D eigenvalue weighted by molar-refractivity contribution is -0.138. The Bertz CT molecular complexity index is 1030. The number of aromatic nitrogens is 4. The van der Waals surface area contributed by atoms with Crippen LogP contribution in [0.5, 0.6) is 0 Å². The molecule has 2 rings (SSSR count). The van der Waals surface area contributed by atoms with Crippen molar-refractivity contribution < 1.29 is 26.3 Å². The molecule has 202 valence electrons. The zero-order valence-electron chi connectivity index (χ0n) is 21.5. The summed E-state index contributed by atoms with van der Waals surface area (Å²) in [6.07, 6.45) is -7.32. The number of nitrogens with zero attached hydrogens (tertiary/aromatic N) is 6. The summed E-state index contributed by atoms with van der Waals surface area (Å²) >= 11 is 0. The van der Waals surface area contributed by atoms with Crippen molar-refractivity contribution in [2.45, 2.75) is 72.3 Å². The summed E-state index contributed by atoms with van der Waals surface area (Å²) in [5.74, 6) is 0.307. The topological polar surface area (TPSA) is 50.1 Å². The normalized spacial score (nSPS) is 13.7. The number of aryl methyl sites for hydroxylation is 2. The fourth-order valence-corrected chi connectivity index (χ4v) is 4.23. The molecule has 1 heterocycles. The molecular weight excluding hydrogens is 486 g/mol. The van der Waals surface area contributed by atoms with E-state index in [1.54, 1.807) is 24.9 Å². The second-order valence-corrected chi connectivity index (χ2v) is 9.05. The smallest absolute Gasteiger partial charge is 0.372 e. The lowest BCUT2D eigenvalue weighted by Crippen LogP contribution is -2.36. The van der Waals surface area contributed by atoms with E-state index in [0.717, 1.165) is 6.08 Å². The SMILES string of the molecule is CCN(CCCC(C)N(C/C(C)=C/CC(F)(F)F)c1nnn(C)n1)c1ccc(C)c(C(F)(F)F)c1C. The lowest BCUT2D eigenvalue weighted by Gasteiger charge is -2.30. The summed E-state index contributed by atoms with van der Waals surface area (Å²) in [6.45, 7) is 9.64. The Morgan fingerprint density at radius 3 is 2.33 bits per heavy atom. The number of alkyl halides is 6. The quantitative estimate of drug-likeness (QED) is 0.259. The van der Waals surface area contributed by atoms with Gasteiger partial charge >= 0.3 is 12.4 Å². The first-order valence-corrected chi connectivity index (χ1v) is 11.8. The van der Waals surface area contributed by atoms with Gasteiger partial charge in [-0.15, -0.1) is 5.10 Å². The van der Waals surface area contributed by atoms with E-state index < -0.39 is 24.3 Å². The Morgan fingerprint density at radius 2 is 1.81 bits per heavy atom. The van der Waals surface area contributed by atoms with E-state index in [1.165, 1.54) is 24.7 Å². The molecule has 1 aromatic carbocycles. The molecule has 0 radical (unpaired) electrons. The van der Waals surface area contributed by atoms with Crippen molar-refractivity contribution in [2.24, 2.45) is 7.05 Å². The number of halogens is 6. The number of hydrogen-bond acceptors (Lipinski definition) is 5. The highest BCUT2D eigenvalue weighted by molar-refractivity contribution is 5.59. The van der Waals surface area contributed by atoms with E-state index in [4.69, 9.17) is 0 Å². The van der Waals surface area contributed by atoms with Gasteiger partial charge in [0.05, 0.1) is 19.0 Å². The van der Waals surface area contributed by atoms with Crippen LogP contribution in [0.4, 0.5) is 38.0 Å². The summed E-state index contributed by atoms with van der Waals surface area (Å²) in [4.78, 5) is 4.99. The van der Waals surface area contributed by atoms with Crippen LogP contribution in [-0.4, -0.2) is 52.1 Å². The number of tetrazole rings is 1. The maximum Gasteiger partial charge on any atom is 0.416 e. The second-order valence-electron chi connectivity index (χ2n) is 9.05. The molecule has 0 spiro atoms. The highest BCUT2D eigenvalue weighted by Gasteiger charge is 2.35. The molecular formula is C24H34F6N6. The zero-order valence-corrected chi connectivity index (χ0v) is 21.5. The molecule has 0 saturated carbocycles. The fourth-order valence-electron chi connectivity index (χ4n) is 4.23. The van der Waals surface area contributed by atoms with Crippen LogP contribution in [0.2, 0.25) is 0 Å². The van der Waals surface area contributed by atoms with E-state index in [2.05, 4.69) is 15.4 Å². The third kappa shape index (κ3) is 8.12. The van der Waals surface area contributed by atoms with Gasteiger partial charge in [0.1, 0.15) is 0 Å². The number of allylic oxidation sites excluding steroid dienone is 1. The molecule has 2 aromatic rings. The van der Waals surface area contributed by atoms with Crippen molar-refractivity contribution in [3.8, 4) is 0 Å². The van der Waals surface area contributed by atoms with Gasteiger partial charge in [-0.1, -0.05) is 22.8 Å². The predicted octanol–water partition coefficient (Wildman–Crippen LogP) is 6.25. The summed E-state index contributed by atoms with van der Waals surface area (Å²) in [5, 5.41) is 12.1. The third-order valence-corrected chi connectivity index (χ3v) is 6.09. The van der Waals surface area contributed by atoms with Crippen molar-refractivity contribution in [1.29, 1.82) is 0 Å². The molecule has 6 nitrogen and oxygen atoms in total. The van der Waals surface area contributed by atoms with Gasteiger partial charge in [-0.25, -0.2) is 0 Å². The summed E-state index contributed by atoms with van der Waals surface area (Å²) in [5.41, 5.74) is 0.855. The van der Waals surface area contributed by atoms with Gasteiger partial charge in [-0.3, -0.25) is 0 Å². The monoisotopic (exact) mass is 520 g/mol. The summed E-state index contributed by atoms with van der Waals surface area (Å²) in [7, 11) is 1.60. The standard InChI is InChI=1S/C24H34F6N6/c1-7-35(20-11-10-17(3)21(19(20)5)24(28,29)30)14-8-9-18(4)36(22-31-33-34(6)32-22)15-16(2)12-13-23(25,26)27/h10-12,18H,7-9,13-15H2,1-6H3/b16-12+. The lowest BCUT2D eigenvalue weighted by atomic mass is 9.99. The molecule has 0 aliphatic carbocycles. The number of benzene rings is 1. The number of rotatable bonds is 11. The van der Waals surface area contributed by atoms with Crippen molar-refractivity contribution in [2.75, 3.05) is 29.4 Å². The minimum Gasteiger partial charge on any atom is -0.372 e. The maximum atomic E-state index is 13.6. The van der Waals surface area contributed by atoms with Crippen molar-refractivity contribution in [3.63, 3.8) is 0 Å². The van der Waals surface area contributed by atoms with Crippen LogP contribution in [0, 0.1) is 13.8 Å². The van der Waals surface area contributed by atoms with Gasteiger partial charge < -0.3 is 9.80 Å². The molecule has 12 heteroatoms. The van der Waals surface area contributed by atoms with Crippen LogP contribution in [-0.2, 0) is 13.2 Å². The van der Waals surface area contributed by atoms with E-state index in [9.17, 15) is 26.3 Å². The molecule has 0 N–H and O–H groups in total. The maximum absolute atomic E-state index is 13.6. The second kappa shape index (κ2) is 12.0. The van der Waals surface area contributed by atoms with Crippen molar-refractivity contribution in [1.82, 2.24) is 20.2 Å². The van der Waals surface area contributed by atoms with Crippen LogP contribution < -0.4 is 9.80 Å². The number of anilines is 2. The molecule has 0 bridgehead atoms. The highest BCUT2D eigenvalue weighted by Crippen LogP contribution is 2.38. The minimum atomic E-state index is -4.43. The molecule has 1 atom stereocenters. The van der Waals surface area contributed by atoms with Gasteiger partial charge in [0.2, 0.25) is 0 Å². The van der Waals surface area contributed by atoms with E-state index >= 15 is 0 Å². The summed E-state index contributed by atoms with van der Waals surface area (Å²) in [6, 6.07) is 3.07. The molecule has 0 aliphatic rings. The predicted molar refractivity (Wildman–Crippen MR) is 128 cm³/mol. The van der Waals surface area contributed by atoms with Crippen molar-refractivity contribution >= 4 is 11.6 Å². The molecule has 36 heavy (non-hydrogen) atoms. The van der Waals surface area contributed by atoms with E-state index in [0.29, 0.717) is 43.1 Å². The Kier molecular flexibility index (Phi) is 9.78. The van der Waals surface area contributed by atoms with Gasteiger partial charge in [-0.05, 0) is 69.9 Å².